The highest BCUT2D eigenvalue weighted by Gasteiger charge is 2.34. The summed E-state index contributed by atoms with van der Waals surface area (Å²) in [5.41, 5.74) is 5.21. The third-order valence-corrected chi connectivity index (χ3v) is 3.61. The van der Waals surface area contributed by atoms with Crippen LogP contribution in [0.2, 0.25) is 0 Å². The maximum Gasteiger partial charge on any atom is 0.231 e. The molecule has 4 heteroatoms. The number of primary amides is 1. The van der Waals surface area contributed by atoms with Crippen LogP contribution in [0.3, 0.4) is 0 Å². The second kappa shape index (κ2) is 3.87. The maximum absolute atomic E-state index is 10.8. The number of carbonyl (C=O) groups excluding carboxylic acids is 1. The van der Waals surface area contributed by atoms with Gasteiger partial charge >= 0.3 is 0 Å². The van der Waals surface area contributed by atoms with Gasteiger partial charge in [0.25, 0.3) is 0 Å². The molecule has 0 aliphatic carbocycles. The van der Waals surface area contributed by atoms with Crippen molar-refractivity contribution in [2.75, 3.05) is 26.7 Å². The molecule has 2 N–H and O–H groups in total. The fourth-order valence-electron chi connectivity index (χ4n) is 2.74. The average Bonchev–Trinajstić information content (AvgIpc) is 2.33. The number of nitrogens with zero attached hydrogens (tertiary/aromatic N) is 2. The maximum atomic E-state index is 10.8. The number of fused-ring (bicyclic) bond motifs is 2. The van der Waals surface area contributed by atoms with Crippen molar-refractivity contribution in [3.63, 3.8) is 0 Å². The number of amides is 1. The summed E-state index contributed by atoms with van der Waals surface area (Å²) in [5, 5.41) is 0. The van der Waals surface area contributed by atoms with E-state index >= 15 is 0 Å². The Kier molecular flexibility index (Phi) is 2.74. The molecule has 0 aromatic rings. The molecule has 2 saturated heterocycles. The van der Waals surface area contributed by atoms with E-state index in [2.05, 4.69) is 16.8 Å². The normalized spacial score (nSPS) is 34.4. The van der Waals surface area contributed by atoms with Gasteiger partial charge < -0.3 is 5.73 Å². The highest BCUT2D eigenvalue weighted by Crippen LogP contribution is 2.28. The number of nitrogens with two attached hydrogens (primary N) is 1. The highest BCUT2D eigenvalue weighted by atomic mass is 16.1. The van der Waals surface area contributed by atoms with E-state index in [1.165, 1.54) is 19.3 Å². The lowest BCUT2D eigenvalue weighted by molar-refractivity contribution is -0.119. The molecule has 2 aliphatic rings. The molecule has 2 bridgehead atoms. The third kappa shape index (κ3) is 1.91. The Morgan fingerprint density at radius 3 is 2.79 bits per heavy atom. The predicted octanol–water partition coefficient (Wildman–Crippen LogP) is -0.360. The van der Waals surface area contributed by atoms with Crippen LogP contribution in [0.1, 0.15) is 19.3 Å². The second-order valence-corrected chi connectivity index (χ2v) is 4.54. The van der Waals surface area contributed by atoms with Crippen LogP contribution >= 0.6 is 0 Å². The summed E-state index contributed by atoms with van der Waals surface area (Å²) in [6, 6.07) is 1.37. The van der Waals surface area contributed by atoms with Crippen LogP contribution in [-0.2, 0) is 4.79 Å². The number of carbonyl (C=O) groups is 1. The molecule has 0 aromatic heterocycles. The van der Waals surface area contributed by atoms with Crippen LogP contribution in [-0.4, -0.2) is 54.5 Å². The fraction of sp³-hybridized carbons (Fsp3) is 0.900. The second-order valence-electron chi connectivity index (χ2n) is 4.54. The van der Waals surface area contributed by atoms with Gasteiger partial charge in [-0.2, -0.15) is 0 Å². The fourth-order valence-corrected chi connectivity index (χ4v) is 2.74. The Hall–Kier alpha value is -0.610. The molecule has 2 heterocycles. The number of likely N-dealkylation sites (N-methyl/N-ethyl adjacent to an activating group) is 1. The number of hydrogen-bond acceptors (Lipinski definition) is 3. The molecule has 2 atom stereocenters. The van der Waals surface area contributed by atoms with E-state index in [0.29, 0.717) is 12.6 Å². The molecule has 2 aliphatic heterocycles. The van der Waals surface area contributed by atoms with Gasteiger partial charge in [-0.15, -0.1) is 0 Å². The lowest BCUT2D eigenvalue weighted by atomic mass is 10.1. The van der Waals surface area contributed by atoms with E-state index in [1.54, 1.807) is 0 Å². The minimum Gasteiger partial charge on any atom is -0.369 e. The molecule has 2 rings (SSSR count). The molecule has 4 nitrogen and oxygen atoms in total. The number of hydrogen-bond donors (Lipinski definition) is 1. The van der Waals surface area contributed by atoms with E-state index in [9.17, 15) is 4.79 Å². The van der Waals surface area contributed by atoms with Gasteiger partial charge in [-0.3, -0.25) is 14.6 Å². The monoisotopic (exact) mass is 197 g/mol. The zero-order valence-electron chi connectivity index (χ0n) is 8.78. The van der Waals surface area contributed by atoms with Gasteiger partial charge in [0, 0.05) is 25.2 Å². The topological polar surface area (TPSA) is 49.6 Å². The summed E-state index contributed by atoms with van der Waals surface area (Å²) < 4.78 is 0. The quantitative estimate of drug-likeness (QED) is 0.657. The van der Waals surface area contributed by atoms with Gasteiger partial charge in [0.1, 0.15) is 0 Å². The summed E-state index contributed by atoms with van der Waals surface area (Å²) in [5.74, 6) is -0.203. The van der Waals surface area contributed by atoms with Crippen molar-refractivity contribution in [1.82, 2.24) is 9.80 Å². The van der Waals surface area contributed by atoms with Crippen LogP contribution in [0.5, 0.6) is 0 Å². The molecule has 0 aromatic carbocycles. The van der Waals surface area contributed by atoms with Gasteiger partial charge in [0.05, 0.1) is 6.54 Å². The van der Waals surface area contributed by atoms with Crippen molar-refractivity contribution in [3.8, 4) is 0 Å². The first-order chi connectivity index (χ1) is 6.66. The van der Waals surface area contributed by atoms with Gasteiger partial charge in [-0.25, -0.2) is 0 Å². The van der Waals surface area contributed by atoms with Gasteiger partial charge in [0.2, 0.25) is 5.91 Å². The van der Waals surface area contributed by atoms with Crippen molar-refractivity contribution < 1.29 is 4.79 Å². The van der Waals surface area contributed by atoms with Crippen LogP contribution in [0.25, 0.3) is 0 Å². The van der Waals surface area contributed by atoms with E-state index in [-0.39, 0.29) is 5.91 Å². The Balaban J connectivity index is 1.96. The highest BCUT2D eigenvalue weighted by molar-refractivity contribution is 5.75. The van der Waals surface area contributed by atoms with Gasteiger partial charge in [0.15, 0.2) is 0 Å². The molecular weight excluding hydrogens is 178 g/mol. The third-order valence-electron chi connectivity index (χ3n) is 3.61. The molecule has 14 heavy (non-hydrogen) atoms. The first-order valence-electron chi connectivity index (χ1n) is 5.39. The molecule has 1 amide bonds. The van der Waals surface area contributed by atoms with E-state index in [0.717, 1.165) is 19.1 Å². The molecular formula is C10H19N3O. The lowest BCUT2D eigenvalue weighted by Gasteiger charge is -2.24. The van der Waals surface area contributed by atoms with E-state index < -0.39 is 0 Å². The molecule has 0 saturated carbocycles. The van der Waals surface area contributed by atoms with Crippen LogP contribution < -0.4 is 5.73 Å². The summed E-state index contributed by atoms with van der Waals surface area (Å²) in [6.07, 6.45) is 3.78. The first-order valence-corrected chi connectivity index (χ1v) is 5.39. The minimum atomic E-state index is -0.203. The van der Waals surface area contributed by atoms with Crippen molar-refractivity contribution in [2.24, 2.45) is 5.73 Å². The van der Waals surface area contributed by atoms with E-state index in [1.807, 2.05) is 0 Å². The Bertz CT molecular complexity index is 231. The summed E-state index contributed by atoms with van der Waals surface area (Å²) in [7, 11) is 2.20. The van der Waals surface area contributed by atoms with Gasteiger partial charge in [-0.1, -0.05) is 0 Å². The van der Waals surface area contributed by atoms with Crippen LogP contribution in [0.15, 0.2) is 0 Å². The standard InChI is InChI=1S/C10H19N3O/c1-12-8-2-3-9(12)6-13(5-4-8)7-10(11)14/h8-9H,2-7H2,1H3,(H2,11,14). The molecule has 2 fully saturated rings. The zero-order chi connectivity index (χ0) is 10.1. The summed E-state index contributed by atoms with van der Waals surface area (Å²) in [4.78, 5) is 15.5. The Morgan fingerprint density at radius 2 is 2.07 bits per heavy atom. The SMILES string of the molecule is CN1C2CCC1CN(CC(N)=O)CC2. The summed E-state index contributed by atoms with van der Waals surface area (Å²) >= 11 is 0. The van der Waals surface area contributed by atoms with Crippen LogP contribution in [0, 0.1) is 0 Å². The molecule has 2 unspecified atom stereocenters. The van der Waals surface area contributed by atoms with E-state index in [4.69, 9.17) is 5.73 Å². The number of likely N-dealkylation sites (tertiary alicyclic amines) is 1. The first kappa shape index (κ1) is 9.93. The Morgan fingerprint density at radius 1 is 1.36 bits per heavy atom. The van der Waals surface area contributed by atoms with Crippen molar-refractivity contribution in [3.05, 3.63) is 0 Å². The van der Waals surface area contributed by atoms with Crippen molar-refractivity contribution in [1.29, 1.82) is 0 Å². The number of rotatable bonds is 2. The predicted molar refractivity (Wildman–Crippen MR) is 54.8 cm³/mol. The molecule has 0 spiro atoms. The summed E-state index contributed by atoms with van der Waals surface area (Å²) in [6.45, 7) is 2.46. The molecule has 80 valence electrons. The minimum absolute atomic E-state index is 0.203. The smallest absolute Gasteiger partial charge is 0.231 e. The Labute approximate surface area is 85.0 Å². The molecule has 0 radical (unpaired) electrons. The van der Waals surface area contributed by atoms with Gasteiger partial charge in [-0.05, 0) is 26.3 Å². The average molecular weight is 197 g/mol. The lowest BCUT2D eigenvalue weighted by Crippen LogP contribution is -2.40. The van der Waals surface area contributed by atoms with Crippen LogP contribution in [0.4, 0.5) is 0 Å². The van der Waals surface area contributed by atoms with Crippen molar-refractivity contribution >= 4 is 5.91 Å². The zero-order valence-corrected chi connectivity index (χ0v) is 8.78. The van der Waals surface area contributed by atoms with Crippen molar-refractivity contribution in [2.45, 2.75) is 31.3 Å². The largest absolute Gasteiger partial charge is 0.369 e.